The smallest absolute Gasteiger partial charge is 0.360 e. The van der Waals surface area contributed by atoms with Crippen LogP contribution in [0.5, 0.6) is 0 Å². The van der Waals surface area contributed by atoms with Gasteiger partial charge in [-0.05, 0) is 38.9 Å². The Labute approximate surface area is 392 Å². The number of oxime groups is 1. The molecule has 11 heteroatoms. The molecule has 9 rings (SSSR count). The van der Waals surface area contributed by atoms with Crippen LogP contribution in [-0.4, -0.2) is 46.2 Å². The van der Waals surface area contributed by atoms with Gasteiger partial charge in [0, 0.05) is 17.7 Å². The first-order valence-corrected chi connectivity index (χ1v) is 22.5. The summed E-state index contributed by atoms with van der Waals surface area (Å²) in [5.74, 6) is -1.80. The van der Waals surface area contributed by atoms with Crippen LogP contribution in [0.15, 0.2) is 240 Å². The van der Waals surface area contributed by atoms with Crippen molar-refractivity contribution < 1.29 is 29.0 Å². The summed E-state index contributed by atoms with van der Waals surface area (Å²) in [5.41, 5.74) is 4.84. The molecular weight excluding hydrogens is 857 g/mol. The molecule has 2 unspecified atom stereocenters. The minimum absolute atomic E-state index is 0.0445. The van der Waals surface area contributed by atoms with Crippen molar-refractivity contribution in [3.05, 3.63) is 274 Å². The Hall–Kier alpha value is -8.09. The lowest BCUT2D eigenvalue weighted by Crippen LogP contribution is -2.38. The second-order valence-electron chi connectivity index (χ2n) is 15.5. The molecule has 7 aromatic carbocycles. The summed E-state index contributed by atoms with van der Waals surface area (Å²) in [6.45, 7) is 0. The fourth-order valence-electron chi connectivity index (χ4n) is 8.03. The molecule has 0 bridgehead atoms. The topological polar surface area (TPSA) is 132 Å². The van der Waals surface area contributed by atoms with Crippen molar-refractivity contribution in [2.75, 3.05) is 5.32 Å². The second kappa shape index (κ2) is 20.8. The maximum Gasteiger partial charge on any atom is 0.360 e. The molecule has 0 radical (unpaired) electrons. The molecule has 67 heavy (non-hydrogen) atoms. The molecule has 1 aromatic heterocycles. The predicted octanol–water partition coefficient (Wildman–Crippen LogP) is 11.2. The molecule has 8 aromatic rings. The number of nitrogens with one attached hydrogen (secondary N) is 1. The second-order valence-corrected chi connectivity index (χ2v) is 16.4. The van der Waals surface area contributed by atoms with Gasteiger partial charge in [-0.1, -0.05) is 217 Å². The highest BCUT2D eigenvalue weighted by molar-refractivity contribution is 7.14. The number of hydrogen-bond acceptors (Lipinski definition) is 10. The first kappa shape index (κ1) is 44.1. The number of hydrogen-bond donors (Lipinski definition) is 2. The number of carbonyl (C=O) groups excluding carboxylic acids is 1. The number of aromatic nitrogens is 1. The molecule has 2 heterocycles. The quantitative estimate of drug-likeness (QED) is 0.0377. The molecule has 0 aliphatic carbocycles. The van der Waals surface area contributed by atoms with Crippen LogP contribution in [0.4, 0.5) is 5.13 Å². The van der Waals surface area contributed by atoms with Crippen LogP contribution >= 0.6 is 11.3 Å². The Morgan fingerprint density at radius 3 is 1.45 bits per heavy atom. The number of benzene rings is 7. The van der Waals surface area contributed by atoms with Crippen LogP contribution in [0, 0.1) is 0 Å². The number of carboxylic acid groups (broad SMARTS) is 1. The van der Waals surface area contributed by atoms with E-state index in [4.69, 9.17) is 19.3 Å². The lowest BCUT2D eigenvalue weighted by atomic mass is 9.77. The van der Waals surface area contributed by atoms with Crippen LogP contribution in [0.2, 0.25) is 0 Å². The molecule has 1 aliphatic heterocycles. The Kier molecular flexibility index (Phi) is 13.7. The number of ketones is 1. The molecule has 0 amide bonds. The fourth-order valence-corrected chi connectivity index (χ4v) is 8.78. The van der Waals surface area contributed by atoms with Crippen LogP contribution in [0.25, 0.3) is 0 Å². The van der Waals surface area contributed by atoms with E-state index in [9.17, 15) is 14.7 Å². The van der Waals surface area contributed by atoms with Crippen LogP contribution in [0.1, 0.15) is 56.8 Å². The molecule has 0 saturated heterocycles. The minimum Gasteiger partial charge on any atom is -0.476 e. The number of carboxylic acids is 1. The number of anilines is 1. The van der Waals surface area contributed by atoms with E-state index in [1.165, 1.54) is 23.6 Å². The summed E-state index contributed by atoms with van der Waals surface area (Å²) >= 11 is 1.23. The van der Waals surface area contributed by atoms with Crippen molar-refractivity contribution in [3.63, 3.8) is 0 Å². The Morgan fingerprint density at radius 1 is 0.612 bits per heavy atom. The predicted molar refractivity (Wildman–Crippen MR) is 261 cm³/mol. The van der Waals surface area contributed by atoms with Gasteiger partial charge in [-0.25, -0.2) is 9.78 Å². The Morgan fingerprint density at radius 2 is 1.03 bits per heavy atom. The highest BCUT2D eigenvalue weighted by Crippen LogP contribution is 2.41. The van der Waals surface area contributed by atoms with Gasteiger partial charge in [-0.3, -0.25) is 9.79 Å². The normalized spacial score (nSPS) is 14.4. The standard InChI is InChI=1S/C56H44N4O6S/c61-48-36-46(57-37-49(48)64-51(39-22-8-1-9-23-39)40-24-10-2-11-25-40)54(65-52(41-26-12-3-13-27-41)42-28-14-4-15-29-42)66-60-50(53(62)63)47-38-67-55(58-47)59-56(43-30-16-5-17-31-43,44-32-18-6-19-33-44)45-34-20-7-21-35-45/h1-38,49,51-52,54H,(H,58,59)(H,62,63)/b60-50-. The van der Waals surface area contributed by atoms with Gasteiger partial charge in [0.2, 0.25) is 5.71 Å². The first-order chi connectivity index (χ1) is 33.0. The summed E-state index contributed by atoms with van der Waals surface area (Å²) in [7, 11) is 0. The molecule has 2 N–H and O–H groups in total. The lowest BCUT2D eigenvalue weighted by molar-refractivity contribution is -0.144. The van der Waals surface area contributed by atoms with Crippen molar-refractivity contribution in [3.8, 4) is 0 Å². The highest BCUT2D eigenvalue weighted by Gasteiger charge is 2.38. The van der Waals surface area contributed by atoms with Gasteiger partial charge in [0.05, 0.1) is 0 Å². The van der Waals surface area contributed by atoms with E-state index in [0.29, 0.717) is 5.13 Å². The Bertz CT molecular complexity index is 2800. The van der Waals surface area contributed by atoms with Crippen molar-refractivity contribution in [2.45, 2.75) is 30.1 Å². The van der Waals surface area contributed by atoms with E-state index in [0.717, 1.165) is 38.9 Å². The van der Waals surface area contributed by atoms with Crippen LogP contribution < -0.4 is 5.32 Å². The largest absolute Gasteiger partial charge is 0.476 e. The molecule has 0 saturated carbocycles. The van der Waals surface area contributed by atoms with Gasteiger partial charge in [0.25, 0.3) is 6.29 Å². The maximum atomic E-state index is 14.1. The van der Waals surface area contributed by atoms with Crippen molar-refractivity contribution in [1.29, 1.82) is 0 Å². The molecule has 0 fully saturated rings. The Balaban J connectivity index is 1.06. The molecule has 2 atom stereocenters. The molecular formula is C56H44N4O6S. The van der Waals surface area contributed by atoms with E-state index in [1.807, 2.05) is 212 Å². The zero-order valence-electron chi connectivity index (χ0n) is 36.0. The van der Waals surface area contributed by atoms with E-state index in [2.05, 4.69) is 15.5 Å². The van der Waals surface area contributed by atoms with E-state index in [1.54, 1.807) is 5.38 Å². The van der Waals surface area contributed by atoms with Gasteiger partial charge in [-0.15, -0.1) is 11.3 Å². The summed E-state index contributed by atoms with van der Waals surface area (Å²) in [4.78, 5) is 42.8. The van der Waals surface area contributed by atoms with Crippen LogP contribution in [-0.2, 0) is 29.4 Å². The van der Waals surface area contributed by atoms with Crippen molar-refractivity contribution >= 4 is 40.1 Å². The van der Waals surface area contributed by atoms with E-state index in [-0.39, 0.29) is 11.4 Å². The van der Waals surface area contributed by atoms with E-state index >= 15 is 0 Å². The van der Waals surface area contributed by atoms with Crippen LogP contribution in [0.3, 0.4) is 0 Å². The molecule has 10 nitrogen and oxygen atoms in total. The first-order valence-electron chi connectivity index (χ1n) is 21.6. The average molecular weight is 901 g/mol. The monoisotopic (exact) mass is 900 g/mol. The SMILES string of the molecule is O=C(O)/C(=N\OC(OC(c1ccccc1)c1ccccc1)C1=CC(=O)C(OC(c2ccccc2)c2ccccc2)C=N1)c1csc(NC(c2ccccc2)(c2ccccc2)c2ccccc2)n1. The number of rotatable bonds is 18. The van der Waals surface area contributed by atoms with Crippen molar-refractivity contribution in [2.24, 2.45) is 10.1 Å². The zero-order chi connectivity index (χ0) is 45.8. The number of carbonyl (C=O) groups is 2. The third-order valence-electron chi connectivity index (χ3n) is 11.2. The highest BCUT2D eigenvalue weighted by atomic mass is 32.1. The van der Waals surface area contributed by atoms with Gasteiger partial charge in [-0.2, -0.15) is 0 Å². The zero-order valence-corrected chi connectivity index (χ0v) is 36.8. The number of thiazole rings is 1. The van der Waals surface area contributed by atoms with Gasteiger partial charge in [0.15, 0.2) is 17.0 Å². The molecule has 330 valence electrons. The minimum atomic E-state index is -1.47. The number of aliphatic carboxylic acids is 1. The number of nitrogens with zero attached hydrogens (tertiary/aromatic N) is 3. The molecule has 0 spiro atoms. The third-order valence-corrected chi connectivity index (χ3v) is 12.0. The number of aliphatic imine (C=N–C) groups is 1. The fraction of sp³-hybridized carbons (Fsp3) is 0.0893. The lowest BCUT2D eigenvalue weighted by Gasteiger charge is -2.36. The third kappa shape index (κ3) is 10.1. The summed E-state index contributed by atoms with van der Waals surface area (Å²) in [6.07, 6.45) is -1.13. The van der Waals surface area contributed by atoms with Gasteiger partial charge >= 0.3 is 5.97 Å². The van der Waals surface area contributed by atoms with Crippen molar-refractivity contribution in [1.82, 2.24) is 4.98 Å². The summed E-state index contributed by atoms with van der Waals surface area (Å²) < 4.78 is 13.2. The summed E-state index contributed by atoms with van der Waals surface area (Å²) in [6, 6.07) is 68.3. The average Bonchev–Trinajstić information content (AvgIpc) is 3.85. The number of ether oxygens (including phenoxy) is 2. The van der Waals surface area contributed by atoms with Gasteiger partial charge < -0.3 is 24.7 Å². The van der Waals surface area contributed by atoms with Gasteiger partial charge in [0.1, 0.15) is 29.1 Å². The van der Waals surface area contributed by atoms with E-state index < -0.39 is 47.6 Å². The maximum absolute atomic E-state index is 14.1. The molecule has 1 aliphatic rings. The summed E-state index contributed by atoms with van der Waals surface area (Å²) in [5, 5.41) is 20.6.